The van der Waals surface area contributed by atoms with E-state index in [1.165, 1.54) is 11.1 Å². The van der Waals surface area contributed by atoms with E-state index in [4.69, 9.17) is 17.0 Å². The Bertz CT molecular complexity index is 1780. The molecule has 0 spiro atoms. The Labute approximate surface area is 263 Å². The molecule has 0 radical (unpaired) electrons. The van der Waals surface area contributed by atoms with E-state index in [0.717, 1.165) is 53.6 Å². The van der Waals surface area contributed by atoms with Gasteiger partial charge >= 0.3 is 0 Å². The Morgan fingerprint density at radius 3 is 2.59 bits per heavy atom. The Morgan fingerprint density at radius 2 is 1.77 bits per heavy atom. The number of para-hydroxylation sites is 1. The number of pyridine rings is 1. The molecular formula is C35H37N5O3S. The number of benzene rings is 3. The number of carbonyl (C=O) groups excluding carboxylic acids is 1. The van der Waals surface area contributed by atoms with E-state index in [-0.39, 0.29) is 17.4 Å². The number of aryl methyl sites for hydroxylation is 2. The lowest BCUT2D eigenvalue weighted by Crippen LogP contribution is -2.47. The second kappa shape index (κ2) is 12.5. The van der Waals surface area contributed by atoms with Gasteiger partial charge in [0.1, 0.15) is 5.75 Å². The van der Waals surface area contributed by atoms with E-state index in [9.17, 15) is 9.59 Å². The summed E-state index contributed by atoms with van der Waals surface area (Å²) in [6.07, 6.45) is 1.05. The van der Waals surface area contributed by atoms with E-state index >= 15 is 0 Å². The fourth-order valence-electron chi connectivity index (χ4n) is 6.38. The number of nitrogens with zero attached hydrogens (tertiary/aromatic N) is 2. The molecular weight excluding hydrogens is 570 g/mol. The molecule has 3 aromatic carbocycles. The molecule has 9 heteroatoms. The first-order valence-corrected chi connectivity index (χ1v) is 15.3. The highest BCUT2D eigenvalue weighted by molar-refractivity contribution is 7.80. The minimum Gasteiger partial charge on any atom is -0.496 e. The summed E-state index contributed by atoms with van der Waals surface area (Å²) in [7, 11) is 1.62. The van der Waals surface area contributed by atoms with Crippen LogP contribution < -0.4 is 31.1 Å². The van der Waals surface area contributed by atoms with Gasteiger partial charge in [-0.1, -0.05) is 30.3 Å². The zero-order valence-electron chi connectivity index (χ0n) is 25.2. The average Bonchev–Trinajstić information content (AvgIpc) is 3.02. The first-order valence-electron chi connectivity index (χ1n) is 14.9. The van der Waals surface area contributed by atoms with Crippen LogP contribution in [0.3, 0.4) is 0 Å². The molecule has 44 heavy (non-hydrogen) atoms. The molecule has 2 aliphatic heterocycles. The van der Waals surface area contributed by atoms with Gasteiger partial charge < -0.3 is 30.2 Å². The number of hydrogen-bond donors (Lipinski definition) is 3. The molecule has 1 saturated heterocycles. The van der Waals surface area contributed by atoms with Crippen LogP contribution in [0.4, 0.5) is 17.1 Å². The highest BCUT2D eigenvalue weighted by Gasteiger charge is 2.35. The maximum Gasteiger partial charge on any atom is 0.251 e. The quantitative estimate of drug-likeness (QED) is 0.228. The maximum absolute atomic E-state index is 13.4. The molecule has 3 heterocycles. The van der Waals surface area contributed by atoms with Crippen molar-refractivity contribution in [2.45, 2.75) is 39.3 Å². The molecule has 1 fully saturated rings. The highest BCUT2D eigenvalue weighted by atomic mass is 32.1. The molecule has 1 amide bonds. The number of rotatable bonds is 7. The predicted molar refractivity (Wildman–Crippen MR) is 180 cm³/mol. The van der Waals surface area contributed by atoms with Gasteiger partial charge in [-0.2, -0.15) is 0 Å². The van der Waals surface area contributed by atoms with Crippen molar-refractivity contribution in [2.24, 2.45) is 5.92 Å². The highest BCUT2D eigenvalue weighted by Crippen LogP contribution is 2.39. The van der Waals surface area contributed by atoms with E-state index in [2.05, 4.69) is 52.9 Å². The summed E-state index contributed by atoms with van der Waals surface area (Å²) < 4.78 is 7.38. The summed E-state index contributed by atoms with van der Waals surface area (Å²) >= 11 is 5.76. The van der Waals surface area contributed by atoms with Crippen LogP contribution in [-0.4, -0.2) is 35.8 Å². The second-order valence-electron chi connectivity index (χ2n) is 11.7. The number of thiocarbonyl (C=S) groups is 1. The summed E-state index contributed by atoms with van der Waals surface area (Å²) in [6.45, 7) is 6.78. The van der Waals surface area contributed by atoms with Gasteiger partial charge in [-0.05, 0) is 92.0 Å². The number of methoxy groups -OCH3 is 1. The van der Waals surface area contributed by atoms with Gasteiger partial charge in [0.2, 0.25) is 0 Å². The van der Waals surface area contributed by atoms with Gasteiger partial charge in [0, 0.05) is 60.7 Å². The van der Waals surface area contributed by atoms with Crippen molar-refractivity contribution >= 4 is 40.3 Å². The molecule has 0 aliphatic carbocycles. The van der Waals surface area contributed by atoms with Crippen LogP contribution in [-0.2, 0) is 13.1 Å². The number of anilines is 3. The molecule has 8 nitrogen and oxygen atoms in total. The van der Waals surface area contributed by atoms with E-state index in [1.807, 2.05) is 59.2 Å². The predicted octanol–water partition coefficient (Wildman–Crippen LogP) is 5.84. The van der Waals surface area contributed by atoms with Crippen LogP contribution in [0.5, 0.6) is 5.75 Å². The van der Waals surface area contributed by atoms with Crippen molar-refractivity contribution in [3.8, 4) is 5.75 Å². The summed E-state index contributed by atoms with van der Waals surface area (Å²) in [5, 5.41) is 10.2. The lowest BCUT2D eigenvalue weighted by atomic mass is 9.83. The van der Waals surface area contributed by atoms with Crippen LogP contribution in [0.1, 0.15) is 45.1 Å². The number of ether oxygens (including phenoxy) is 1. The van der Waals surface area contributed by atoms with Crippen molar-refractivity contribution < 1.29 is 9.53 Å². The van der Waals surface area contributed by atoms with Crippen LogP contribution in [0, 0.1) is 19.8 Å². The Kier molecular flexibility index (Phi) is 8.39. The summed E-state index contributed by atoms with van der Waals surface area (Å²) in [6, 6.07) is 25.1. The molecule has 0 saturated carbocycles. The monoisotopic (exact) mass is 607 g/mol. The zero-order chi connectivity index (χ0) is 30.8. The van der Waals surface area contributed by atoms with E-state index < -0.39 is 0 Å². The molecule has 4 aromatic rings. The van der Waals surface area contributed by atoms with Gasteiger partial charge in [-0.15, -0.1) is 0 Å². The van der Waals surface area contributed by atoms with Gasteiger partial charge in [0.25, 0.3) is 11.5 Å². The fraction of sp³-hybridized carbons (Fsp3) is 0.286. The van der Waals surface area contributed by atoms with Gasteiger partial charge in [-0.25, -0.2) is 0 Å². The average molecular weight is 608 g/mol. The van der Waals surface area contributed by atoms with Crippen LogP contribution in [0.15, 0.2) is 83.7 Å². The Balaban J connectivity index is 1.27. The molecule has 2 atom stereocenters. The van der Waals surface area contributed by atoms with E-state index in [0.29, 0.717) is 29.7 Å². The molecule has 0 unspecified atom stereocenters. The van der Waals surface area contributed by atoms with Crippen LogP contribution in [0.2, 0.25) is 0 Å². The van der Waals surface area contributed by atoms with Gasteiger partial charge in [-0.3, -0.25) is 9.59 Å². The van der Waals surface area contributed by atoms with Crippen molar-refractivity contribution in [3.05, 3.63) is 117 Å². The molecule has 226 valence electrons. The molecule has 3 N–H and O–H groups in total. The smallest absolute Gasteiger partial charge is 0.251 e. The van der Waals surface area contributed by atoms with Crippen molar-refractivity contribution in [1.29, 1.82) is 0 Å². The van der Waals surface area contributed by atoms with Gasteiger partial charge in [0.15, 0.2) is 5.11 Å². The maximum atomic E-state index is 13.4. The number of aromatic nitrogens is 1. The van der Waals surface area contributed by atoms with Crippen molar-refractivity contribution in [2.75, 3.05) is 35.7 Å². The lowest BCUT2D eigenvalue weighted by Gasteiger charge is -2.44. The summed E-state index contributed by atoms with van der Waals surface area (Å²) in [5.74, 6) is 1.13. The number of fused-ring (bicyclic) bond motifs is 4. The number of amides is 1. The third kappa shape index (κ3) is 6.19. The molecule has 2 bridgehead atoms. The SMILES string of the molecule is COc1ccccc1CNC(=O)c1ccc(N2C[C@H]3C[C@@H](C2)c2cccc(=O)n2C3)c(NC(=S)Nc2ccc(C)c(C)c2)c1. The van der Waals surface area contributed by atoms with Crippen molar-refractivity contribution in [1.82, 2.24) is 9.88 Å². The summed E-state index contributed by atoms with van der Waals surface area (Å²) in [5.41, 5.74) is 7.58. The third-order valence-electron chi connectivity index (χ3n) is 8.72. The molecule has 1 aromatic heterocycles. The molecule has 6 rings (SSSR count). The minimum atomic E-state index is -0.192. The summed E-state index contributed by atoms with van der Waals surface area (Å²) in [4.78, 5) is 28.3. The van der Waals surface area contributed by atoms with Crippen LogP contribution in [0.25, 0.3) is 0 Å². The first-order chi connectivity index (χ1) is 21.3. The third-order valence-corrected chi connectivity index (χ3v) is 8.93. The topological polar surface area (TPSA) is 87.6 Å². The number of carbonyl (C=O) groups is 1. The fourth-order valence-corrected chi connectivity index (χ4v) is 6.60. The first kappa shape index (κ1) is 29.4. The van der Waals surface area contributed by atoms with Crippen molar-refractivity contribution in [3.63, 3.8) is 0 Å². The number of piperidine rings is 1. The number of nitrogens with one attached hydrogen (secondary N) is 3. The Hall–Kier alpha value is -4.63. The largest absolute Gasteiger partial charge is 0.496 e. The normalized spacial score (nSPS) is 16.9. The zero-order valence-corrected chi connectivity index (χ0v) is 26.0. The number of hydrogen-bond acceptors (Lipinski definition) is 5. The van der Waals surface area contributed by atoms with E-state index in [1.54, 1.807) is 13.2 Å². The molecule has 2 aliphatic rings. The lowest BCUT2D eigenvalue weighted by molar-refractivity contribution is 0.0950. The minimum absolute atomic E-state index is 0.0688. The standard InChI is InChI=1S/C35H37N5O3S/c1-22-11-13-28(15-23(22)2)37-35(44)38-29-17-25(34(42)36-18-26-7-4-5-9-32(26)43-3)12-14-31(29)39-19-24-16-27(21-39)30-8-6-10-33(41)40(30)20-24/h4-15,17,24,27H,16,18-21H2,1-3H3,(H,36,42)(H2,37,38,44)/t24-,27+/m1/s1. The Morgan fingerprint density at radius 1 is 0.932 bits per heavy atom. The van der Waals surface area contributed by atoms with Gasteiger partial charge in [0.05, 0.1) is 18.5 Å². The second-order valence-corrected chi connectivity index (χ2v) is 12.1. The van der Waals surface area contributed by atoms with Crippen LogP contribution >= 0.6 is 12.2 Å².